The Kier molecular flexibility index (Phi) is 4.57. The third-order valence-corrected chi connectivity index (χ3v) is 3.29. The second kappa shape index (κ2) is 6.63. The van der Waals surface area contributed by atoms with Crippen LogP contribution in [0.5, 0.6) is 0 Å². The van der Waals surface area contributed by atoms with Crippen molar-refractivity contribution in [3.05, 3.63) is 71.9 Å². The lowest BCUT2D eigenvalue weighted by molar-refractivity contribution is -0.577. The van der Waals surface area contributed by atoms with E-state index in [1.54, 1.807) is 11.8 Å². The van der Waals surface area contributed by atoms with Crippen molar-refractivity contribution in [1.29, 1.82) is 5.26 Å². The van der Waals surface area contributed by atoms with E-state index in [9.17, 15) is 0 Å². The Morgan fingerprint density at radius 3 is 2.44 bits per heavy atom. The van der Waals surface area contributed by atoms with Crippen molar-refractivity contribution in [2.75, 3.05) is 0 Å². The van der Waals surface area contributed by atoms with Crippen LogP contribution < -0.4 is 4.57 Å². The molecule has 2 aromatic rings. The van der Waals surface area contributed by atoms with E-state index in [4.69, 9.17) is 5.26 Å². The summed E-state index contributed by atoms with van der Waals surface area (Å²) in [5, 5.41) is 11.0. The molecular weight excluding hydrogens is 240 g/mol. The van der Waals surface area contributed by atoms with Crippen molar-refractivity contribution in [2.24, 2.45) is 0 Å². The molecule has 0 saturated heterocycles. The molecule has 0 amide bonds. The SMILES string of the molecule is N#C/C(=C\SCc1ccccc1)[n+]1ccccc1. The summed E-state index contributed by atoms with van der Waals surface area (Å²) in [5.41, 5.74) is 1.89. The molecule has 0 bridgehead atoms. The second-order valence-corrected chi connectivity index (χ2v) is 4.55. The molecule has 2 rings (SSSR count). The summed E-state index contributed by atoms with van der Waals surface area (Å²) in [5.74, 6) is 0.874. The average molecular weight is 253 g/mol. The molecule has 0 saturated carbocycles. The Labute approximate surface area is 111 Å². The smallest absolute Gasteiger partial charge is 0.186 e. The van der Waals surface area contributed by atoms with Crippen molar-refractivity contribution in [3.63, 3.8) is 0 Å². The standard InChI is InChI=1S/C15H13N2S/c16-11-15(17-9-5-2-6-10-17)13-18-12-14-7-3-1-4-8-14/h1-10,13H,12H2/q+1/b15-13+. The summed E-state index contributed by atoms with van der Waals surface area (Å²) in [7, 11) is 0. The molecular formula is C15H13N2S+. The van der Waals surface area contributed by atoms with Crippen LogP contribution in [-0.2, 0) is 5.75 Å². The fourth-order valence-electron chi connectivity index (χ4n) is 1.50. The lowest BCUT2D eigenvalue weighted by atomic mass is 10.2. The third-order valence-electron chi connectivity index (χ3n) is 2.40. The molecule has 0 radical (unpaired) electrons. The second-order valence-electron chi connectivity index (χ2n) is 3.69. The van der Waals surface area contributed by atoms with Crippen molar-refractivity contribution in [3.8, 4) is 6.07 Å². The van der Waals surface area contributed by atoms with Gasteiger partial charge >= 0.3 is 0 Å². The molecule has 0 aliphatic heterocycles. The summed E-state index contributed by atoms with van der Waals surface area (Å²) < 4.78 is 1.82. The fraction of sp³-hybridized carbons (Fsp3) is 0.0667. The first-order valence-electron chi connectivity index (χ1n) is 5.62. The van der Waals surface area contributed by atoms with Gasteiger partial charge in [-0.2, -0.15) is 9.83 Å². The van der Waals surface area contributed by atoms with Gasteiger partial charge < -0.3 is 0 Å². The number of rotatable bonds is 4. The monoisotopic (exact) mass is 253 g/mol. The quantitative estimate of drug-likeness (QED) is 0.618. The molecule has 1 aromatic heterocycles. The van der Waals surface area contributed by atoms with Gasteiger partial charge in [0.2, 0.25) is 0 Å². The topological polar surface area (TPSA) is 27.7 Å². The number of thioether (sulfide) groups is 1. The van der Waals surface area contributed by atoms with Gasteiger partial charge in [0.15, 0.2) is 18.5 Å². The van der Waals surface area contributed by atoms with Crippen LogP contribution in [0.15, 0.2) is 66.3 Å². The van der Waals surface area contributed by atoms with E-state index in [0.717, 1.165) is 5.75 Å². The number of nitriles is 1. The van der Waals surface area contributed by atoms with Crippen LogP contribution in [0, 0.1) is 11.3 Å². The number of nitrogens with zero attached hydrogens (tertiary/aromatic N) is 2. The Morgan fingerprint density at radius 2 is 1.78 bits per heavy atom. The Morgan fingerprint density at radius 1 is 1.11 bits per heavy atom. The van der Waals surface area contributed by atoms with Crippen LogP contribution >= 0.6 is 11.8 Å². The maximum absolute atomic E-state index is 9.12. The minimum atomic E-state index is 0.636. The van der Waals surface area contributed by atoms with Gasteiger partial charge in [0.05, 0.1) is 5.41 Å². The van der Waals surface area contributed by atoms with Crippen LogP contribution in [0.4, 0.5) is 0 Å². The predicted molar refractivity (Wildman–Crippen MR) is 74.3 cm³/mol. The van der Waals surface area contributed by atoms with E-state index in [0.29, 0.717) is 5.70 Å². The van der Waals surface area contributed by atoms with Gasteiger partial charge in [-0.1, -0.05) is 36.4 Å². The molecule has 2 nitrogen and oxygen atoms in total. The van der Waals surface area contributed by atoms with Gasteiger partial charge in [-0.3, -0.25) is 0 Å². The molecule has 18 heavy (non-hydrogen) atoms. The average Bonchev–Trinajstić information content (AvgIpc) is 2.46. The van der Waals surface area contributed by atoms with Crippen LogP contribution in [0.25, 0.3) is 5.70 Å². The van der Waals surface area contributed by atoms with Crippen LogP contribution in [0.3, 0.4) is 0 Å². The lowest BCUT2D eigenvalue weighted by Gasteiger charge is -1.96. The highest BCUT2D eigenvalue weighted by Gasteiger charge is 2.06. The molecule has 0 aliphatic rings. The first-order chi connectivity index (χ1) is 8.90. The first-order valence-corrected chi connectivity index (χ1v) is 6.67. The Balaban J connectivity index is 2.02. The van der Waals surface area contributed by atoms with Crippen molar-refractivity contribution in [2.45, 2.75) is 5.75 Å². The predicted octanol–water partition coefficient (Wildman–Crippen LogP) is 3.23. The molecule has 0 unspecified atom stereocenters. The molecule has 0 N–H and O–H groups in total. The number of aromatic nitrogens is 1. The molecule has 0 fully saturated rings. The maximum atomic E-state index is 9.12. The van der Waals surface area contributed by atoms with E-state index >= 15 is 0 Å². The number of hydrogen-bond acceptors (Lipinski definition) is 2. The normalized spacial score (nSPS) is 10.9. The van der Waals surface area contributed by atoms with Gasteiger partial charge in [0, 0.05) is 17.9 Å². The van der Waals surface area contributed by atoms with Crippen LogP contribution in [-0.4, -0.2) is 0 Å². The minimum Gasteiger partial charge on any atom is -0.186 e. The summed E-state index contributed by atoms with van der Waals surface area (Å²) >= 11 is 1.63. The molecule has 3 heteroatoms. The maximum Gasteiger partial charge on any atom is 0.295 e. The highest BCUT2D eigenvalue weighted by atomic mass is 32.2. The number of pyridine rings is 1. The molecule has 88 valence electrons. The van der Waals surface area contributed by atoms with Crippen LogP contribution in [0.1, 0.15) is 5.56 Å². The summed E-state index contributed by atoms with van der Waals surface area (Å²) in [6.07, 6.45) is 3.75. The van der Waals surface area contributed by atoms with Crippen molar-refractivity contribution in [1.82, 2.24) is 0 Å². The van der Waals surface area contributed by atoms with E-state index in [-0.39, 0.29) is 0 Å². The molecule has 0 aliphatic carbocycles. The largest absolute Gasteiger partial charge is 0.295 e. The number of hydrogen-bond donors (Lipinski definition) is 0. The van der Waals surface area contributed by atoms with Crippen molar-refractivity contribution >= 4 is 17.5 Å². The van der Waals surface area contributed by atoms with E-state index in [1.807, 2.05) is 58.8 Å². The van der Waals surface area contributed by atoms with E-state index in [2.05, 4.69) is 18.2 Å². The van der Waals surface area contributed by atoms with Gasteiger partial charge in [0.1, 0.15) is 0 Å². The third kappa shape index (κ3) is 3.47. The highest BCUT2D eigenvalue weighted by Crippen LogP contribution is 2.14. The number of benzene rings is 1. The lowest BCUT2D eigenvalue weighted by Crippen LogP contribution is -2.29. The number of allylic oxidation sites excluding steroid dienone is 1. The van der Waals surface area contributed by atoms with E-state index < -0.39 is 0 Å². The summed E-state index contributed by atoms with van der Waals surface area (Å²) in [6, 6.07) is 18.2. The first kappa shape index (κ1) is 12.4. The zero-order valence-corrected chi connectivity index (χ0v) is 10.7. The summed E-state index contributed by atoms with van der Waals surface area (Å²) in [4.78, 5) is 0. The summed E-state index contributed by atoms with van der Waals surface area (Å²) in [6.45, 7) is 0. The molecule has 0 atom stereocenters. The molecule has 0 spiro atoms. The highest BCUT2D eigenvalue weighted by molar-refractivity contribution is 8.01. The molecule has 1 aromatic carbocycles. The van der Waals surface area contributed by atoms with E-state index in [1.165, 1.54) is 5.56 Å². The Bertz CT molecular complexity index is 556. The van der Waals surface area contributed by atoms with Gasteiger partial charge in [-0.15, -0.1) is 11.8 Å². The fourth-order valence-corrected chi connectivity index (χ4v) is 2.30. The zero-order chi connectivity index (χ0) is 12.6. The van der Waals surface area contributed by atoms with Gasteiger partial charge in [-0.25, -0.2) is 0 Å². The Hall–Kier alpha value is -2.05. The van der Waals surface area contributed by atoms with Crippen molar-refractivity contribution < 1.29 is 4.57 Å². The zero-order valence-electron chi connectivity index (χ0n) is 9.86. The van der Waals surface area contributed by atoms with Crippen LogP contribution in [0.2, 0.25) is 0 Å². The van der Waals surface area contributed by atoms with Gasteiger partial charge in [-0.05, 0) is 5.56 Å². The minimum absolute atomic E-state index is 0.636. The van der Waals surface area contributed by atoms with Gasteiger partial charge in [0.25, 0.3) is 5.70 Å². The molecule has 1 heterocycles.